The van der Waals surface area contributed by atoms with Crippen LogP contribution in [0.15, 0.2) is 53.4 Å². The highest BCUT2D eigenvalue weighted by Crippen LogP contribution is 2.19. The summed E-state index contributed by atoms with van der Waals surface area (Å²) in [6, 6.07) is 10.6. The van der Waals surface area contributed by atoms with Crippen LogP contribution >= 0.6 is 0 Å². The number of sulfonamides is 1. The summed E-state index contributed by atoms with van der Waals surface area (Å²) in [6.07, 6.45) is 0. The van der Waals surface area contributed by atoms with E-state index >= 15 is 0 Å². The van der Waals surface area contributed by atoms with Crippen LogP contribution in [0.2, 0.25) is 0 Å². The van der Waals surface area contributed by atoms with Crippen molar-refractivity contribution in [3.05, 3.63) is 64.2 Å². The number of carbonyl (C=O) groups excluding carboxylic acids is 1. The van der Waals surface area contributed by atoms with E-state index in [0.29, 0.717) is 5.75 Å². The monoisotopic (exact) mass is 380 g/mol. The fraction of sp³-hybridized carbons (Fsp3) is 0.188. The molecule has 0 amide bonds. The highest BCUT2D eigenvalue weighted by molar-refractivity contribution is 7.89. The molecule has 26 heavy (non-hydrogen) atoms. The molecule has 0 aliphatic heterocycles. The Morgan fingerprint density at radius 3 is 2.19 bits per heavy atom. The molecule has 2 rings (SSSR count). The van der Waals surface area contributed by atoms with Gasteiger partial charge in [-0.25, -0.2) is 13.2 Å². The third-order valence-electron chi connectivity index (χ3n) is 3.46. The van der Waals surface area contributed by atoms with Gasteiger partial charge in [0.15, 0.2) is 6.73 Å². The zero-order valence-corrected chi connectivity index (χ0v) is 14.8. The van der Waals surface area contributed by atoms with E-state index in [1.54, 1.807) is 12.1 Å². The first-order valence-corrected chi connectivity index (χ1v) is 8.71. The zero-order valence-electron chi connectivity index (χ0n) is 14.0. The minimum atomic E-state index is -3.96. The van der Waals surface area contributed by atoms with E-state index in [4.69, 9.17) is 9.47 Å². The minimum absolute atomic E-state index is 0.147. The number of rotatable bonds is 7. The molecule has 0 atom stereocenters. The second-order valence-corrected chi connectivity index (χ2v) is 7.19. The maximum atomic E-state index is 12.4. The summed E-state index contributed by atoms with van der Waals surface area (Å²) in [5.74, 6) is -0.127. The van der Waals surface area contributed by atoms with Gasteiger partial charge in [0.1, 0.15) is 5.75 Å². The van der Waals surface area contributed by atoms with Crippen LogP contribution < -0.4 is 4.74 Å². The third-order valence-corrected chi connectivity index (χ3v) is 5.25. The topological polar surface area (TPSA) is 116 Å². The largest absolute Gasteiger partial charge is 0.497 e. The van der Waals surface area contributed by atoms with Gasteiger partial charge in [-0.2, -0.15) is 4.31 Å². The van der Waals surface area contributed by atoms with E-state index in [1.165, 1.54) is 26.3 Å². The molecule has 0 aliphatic rings. The number of ether oxygens (including phenoxy) is 2. The van der Waals surface area contributed by atoms with Gasteiger partial charge in [0, 0.05) is 19.2 Å². The molecular formula is C16H16N2O7S. The van der Waals surface area contributed by atoms with Crippen LogP contribution in [-0.2, 0) is 14.8 Å². The first-order chi connectivity index (χ1) is 12.3. The van der Waals surface area contributed by atoms with E-state index in [2.05, 4.69) is 0 Å². The minimum Gasteiger partial charge on any atom is -0.497 e. The molecule has 0 unspecified atom stereocenters. The van der Waals surface area contributed by atoms with Crippen LogP contribution in [0.4, 0.5) is 5.69 Å². The van der Waals surface area contributed by atoms with Crippen molar-refractivity contribution >= 4 is 21.7 Å². The maximum absolute atomic E-state index is 12.4. The van der Waals surface area contributed by atoms with Crippen molar-refractivity contribution in [2.24, 2.45) is 0 Å². The second-order valence-electron chi connectivity index (χ2n) is 5.14. The Hall–Kier alpha value is -2.98. The summed E-state index contributed by atoms with van der Waals surface area (Å²) >= 11 is 0. The van der Waals surface area contributed by atoms with Crippen molar-refractivity contribution < 1.29 is 27.6 Å². The molecule has 10 heteroatoms. The molecule has 9 nitrogen and oxygen atoms in total. The summed E-state index contributed by atoms with van der Waals surface area (Å²) < 4.78 is 35.6. The number of methoxy groups -OCH3 is 1. The highest BCUT2D eigenvalue weighted by atomic mass is 32.2. The molecule has 138 valence electrons. The molecule has 0 fully saturated rings. The van der Waals surface area contributed by atoms with Crippen LogP contribution in [0.1, 0.15) is 10.4 Å². The van der Waals surface area contributed by atoms with Crippen molar-refractivity contribution in [2.75, 3.05) is 20.9 Å². The normalized spacial score (nSPS) is 11.2. The van der Waals surface area contributed by atoms with Gasteiger partial charge in [0.05, 0.1) is 22.5 Å². The van der Waals surface area contributed by atoms with Crippen LogP contribution in [0.25, 0.3) is 0 Å². The summed E-state index contributed by atoms with van der Waals surface area (Å²) in [4.78, 5) is 21.8. The lowest BCUT2D eigenvalue weighted by molar-refractivity contribution is -0.384. The third kappa shape index (κ3) is 4.35. The molecule has 0 heterocycles. The Kier molecular flexibility index (Phi) is 5.90. The average molecular weight is 380 g/mol. The molecule has 0 aliphatic carbocycles. The van der Waals surface area contributed by atoms with E-state index < -0.39 is 27.6 Å². The fourth-order valence-corrected chi connectivity index (χ4v) is 2.98. The smallest absolute Gasteiger partial charge is 0.339 e. The molecule has 0 aromatic heterocycles. The predicted octanol–water partition coefficient (Wildman–Crippen LogP) is 2.04. The standard InChI is InChI=1S/C16H16N2O7S/c1-17(11-25-16(19)12-3-7-14(24-2)8-4-12)26(22,23)15-9-5-13(6-10-15)18(20)21/h3-10H,11H2,1-2H3. The number of esters is 1. The maximum Gasteiger partial charge on any atom is 0.339 e. The molecular weight excluding hydrogens is 364 g/mol. The van der Waals surface area contributed by atoms with Gasteiger partial charge in [0.2, 0.25) is 10.0 Å². The van der Waals surface area contributed by atoms with E-state index in [0.717, 1.165) is 28.6 Å². The number of nitrogens with zero attached hydrogens (tertiary/aromatic N) is 2. The molecule has 0 saturated heterocycles. The van der Waals surface area contributed by atoms with Crippen LogP contribution in [-0.4, -0.2) is 44.5 Å². The molecule has 0 bridgehead atoms. The van der Waals surface area contributed by atoms with Gasteiger partial charge in [-0.3, -0.25) is 10.1 Å². The number of carbonyl (C=O) groups is 1. The number of hydrogen-bond acceptors (Lipinski definition) is 7. The number of benzene rings is 2. The second kappa shape index (κ2) is 7.93. The Balaban J connectivity index is 2.04. The predicted molar refractivity (Wildman–Crippen MR) is 91.3 cm³/mol. The molecule has 0 saturated carbocycles. The molecule has 2 aromatic carbocycles. The summed E-state index contributed by atoms with van der Waals surface area (Å²) in [5, 5.41) is 10.6. The highest BCUT2D eigenvalue weighted by Gasteiger charge is 2.23. The Bertz CT molecular complexity index is 893. The van der Waals surface area contributed by atoms with Gasteiger partial charge < -0.3 is 9.47 Å². The average Bonchev–Trinajstić information content (AvgIpc) is 2.65. The first kappa shape index (κ1) is 19.3. The Morgan fingerprint density at radius 2 is 1.69 bits per heavy atom. The molecule has 0 radical (unpaired) electrons. The Labute approximate surface area is 150 Å². The lowest BCUT2D eigenvalue weighted by Gasteiger charge is -2.17. The van der Waals surface area contributed by atoms with Crippen LogP contribution in [0, 0.1) is 10.1 Å². The SMILES string of the molecule is COc1ccc(C(=O)OCN(C)S(=O)(=O)c2ccc([N+](=O)[O-])cc2)cc1. The molecule has 2 aromatic rings. The number of nitro groups is 1. The van der Waals surface area contributed by atoms with Gasteiger partial charge >= 0.3 is 5.97 Å². The molecule has 0 N–H and O–H groups in total. The number of nitro benzene ring substituents is 1. The van der Waals surface area contributed by atoms with Gasteiger partial charge in [-0.05, 0) is 36.4 Å². The van der Waals surface area contributed by atoms with E-state index in [-0.39, 0.29) is 16.1 Å². The number of hydrogen-bond donors (Lipinski definition) is 0. The summed E-state index contributed by atoms with van der Waals surface area (Å²) in [7, 11) is -1.23. The lowest BCUT2D eigenvalue weighted by atomic mass is 10.2. The van der Waals surface area contributed by atoms with Crippen LogP contribution in [0.3, 0.4) is 0 Å². The zero-order chi connectivity index (χ0) is 19.3. The van der Waals surface area contributed by atoms with Gasteiger partial charge in [0.25, 0.3) is 5.69 Å². The lowest BCUT2D eigenvalue weighted by Crippen LogP contribution is -2.30. The first-order valence-electron chi connectivity index (χ1n) is 7.27. The van der Waals surface area contributed by atoms with Gasteiger partial charge in [-0.1, -0.05) is 0 Å². The van der Waals surface area contributed by atoms with Crippen molar-refractivity contribution in [3.63, 3.8) is 0 Å². The fourth-order valence-electron chi connectivity index (χ4n) is 1.95. The van der Waals surface area contributed by atoms with Crippen molar-refractivity contribution in [1.29, 1.82) is 0 Å². The van der Waals surface area contributed by atoms with Crippen molar-refractivity contribution in [3.8, 4) is 5.75 Å². The quantitative estimate of drug-likeness (QED) is 0.312. The number of non-ortho nitro benzene ring substituents is 1. The van der Waals surface area contributed by atoms with E-state index in [9.17, 15) is 23.3 Å². The van der Waals surface area contributed by atoms with Crippen LogP contribution in [0.5, 0.6) is 5.75 Å². The summed E-state index contributed by atoms with van der Waals surface area (Å²) in [6.45, 7) is -0.510. The molecule has 0 spiro atoms. The van der Waals surface area contributed by atoms with Gasteiger partial charge in [-0.15, -0.1) is 0 Å². The van der Waals surface area contributed by atoms with E-state index in [1.807, 2.05) is 0 Å². The van der Waals surface area contributed by atoms with Crippen molar-refractivity contribution in [2.45, 2.75) is 4.90 Å². The summed E-state index contributed by atoms with van der Waals surface area (Å²) in [5.41, 5.74) is 0.0180. The van der Waals surface area contributed by atoms with Crippen molar-refractivity contribution in [1.82, 2.24) is 4.31 Å². The Morgan fingerprint density at radius 1 is 1.12 bits per heavy atom.